The van der Waals surface area contributed by atoms with Crippen LogP contribution in [-0.2, 0) is 16.9 Å². The molecular weight excluding hydrogens is 436 g/mol. The first-order valence-electron chi connectivity index (χ1n) is 8.94. The quantitative estimate of drug-likeness (QED) is 0.455. The number of H-pyrrole nitrogens is 1. The Morgan fingerprint density at radius 1 is 1.18 bits per heavy atom. The van der Waals surface area contributed by atoms with E-state index in [0.29, 0.717) is 17.7 Å². The lowest BCUT2D eigenvalue weighted by molar-refractivity contribution is -0.132. The molecule has 3 heterocycles. The number of hydrogen-bond acceptors (Lipinski definition) is 3. The number of anilines is 1. The number of carbonyl (C=O) groups excluding carboxylic acids is 1. The molecular formula is C22H17BrN2O2S. The number of amides is 1. The first kappa shape index (κ1) is 17.7. The molecule has 1 amide bonds. The molecule has 1 aliphatic heterocycles. The summed E-state index contributed by atoms with van der Waals surface area (Å²) in [6.45, 7) is 2.34. The van der Waals surface area contributed by atoms with Crippen molar-refractivity contribution in [3.63, 3.8) is 0 Å². The van der Waals surface area contributed by atoms with E-state index in [9.17, 15) is 9.90 Å². The summed E-state index contributed by atoms with van der Waals surface area (Å²) in [5.41, 5.74) is 1.94. The number of aliphatic hydroxyl groups is 1. The zero-order valence-corrected chi connectivity index (χ0v) is 17.5. The standard InChI is InChI=1S/C22H17BrN2O2S/c1-13-20(16-6-2-3-7-18(16)24-13)22(27)17-11-14(23)8-9-19(17)25(21(22)26)12-15-5-4-10-28-15/h2-11,24,27H,12H2,1H3/t22-/m1/s1. The van der Waals surface area contributed by atoms with Gasteiger partial charge in [0.05, 0.1) is 12.2 Å². The number of aromatic amines is 1. The van der Waals surface area contributed by atoms with Gasteiger partial charge in [0.1, 0.15) is 0 Å². The van der Waals surface area contributed by atoms with Gasteiger partial charge in [-0.25, -0.2) is 0 Å². The minimum atomic E-state index is -1.74. The van der Waals surface area contributed by atoms with Crippen molar-refractivity contribution in [1.82, 2.24) is 4.98 Å². The Hall–Kier alpha value is -2.41. The van der Waals surface area contributed by atoms with Crippen LogP contribution < -0.4 is 4.90 Å². The molecule has 2 N–H and O–H groups in total. The van der Waals surface area contributed by atoms with Gasteiger partial charge in [0.15, 0.2) is 5.60 Å². The van der Waals surface area contributed by atoms with Crippen molar-refractivity contribution in [2.75, 3.05) is 4.90 Å². The average Bonchev–Trinajstić information content (AvgIpc) is 3.35. The highest BCUT2D eigenvalue weighted by Crippen LogP contribution is 2.48. The number of thiophene rings is 1. The van der Waals surface area contributed by atoms with Crippen molar-refractivity contribution >= 4 is 49.8 Å². The van der Waals surface area contributed by atoms with Crippen LogP contribution in [0.25, 0.3) is 10.9 Å². The van der Waals surface area contributed by atoms with Crippen LogP contribution in [-0.4, -0.2) is 16.0 Å². The van der Waals surface area contributed by atoms with E-state index >= 15 is 0 Å². The highest BCUT2D eigenvalue weighted by Gasteiger charge is 2.53. The lowest BCUT2D eigenvalue weighted by Crippen LogP contribution is -2.41. The van der Waals surface area contributed by atoms with Crippen LogP contribution in [0.1, 0.15) is 21.7 Å². The van der Waals surface area contributed by atoms with Crippen molar-refractivity contribution in [1.29, 1.82) is 0 Å². The van der Waals surface area contributed by atoms with Crippen LogP contribution in [0.2, 0.25) is 0 Å². The molecule has 0 saturated carbocycles. The molecule has 0 radical (unpaired) electrons. The number of halogens is 1. The normalized spacial score (nSPS) is 18.8. The van der Waals surface area contributed by atoms with Crippen molar-refractivity contribution in [2.24, 2.45) is 0 Å². The molecule has 2 aromatic carbocycles. The van der Waals surface area contributed by atoms with Gasteiger partial charge in [0.2, 0.25) is 0 Å². The second-order valence-corrected chi connectivity index (χ2v) is 8.96. The third kappa shape index (κ3) is 2.42. The summed E-state index contributed by atoms with van der Waals surface area (Å²) in [4.78, 5) is 19.7. The van der Waals surface area contributed by atoms with E-state index < -0.39 is 5.60 Å². The molecule has 0 spiro atoms. The van der Waals surface area contributed by atoms with Gasteiger partial charge in [0.25, 0.3) is 5.91 Å². The monoisotopic (exact) mass is 452 g/mol. The van der Waals surface area contributed by atoms with Crippen LogP contribution in [0.4, 0.5) is 5.69 Å². The fourth-order valence-corrected chi connectivity index (χ4v) is 5.21. The largest absolute Gasteiger partial charge is 0.372 e. The summed E-state index contributed by atoms with van der Waals surface area (Å²) in [5, 5.41) is 14.8. The highest BCUT2D eigenvalue weighted by molar-refractivity contribution is 9.10. The predicted octanol–water partition coefficient (Wildman–Crippen LogP) is 5.08. The molecule has 0 unspecified atom stereocenters. The Kier molecular flexibility index (Phi) is 3.98. The van der Waals surface area contributed by atoms with Gasteiger partial charge in [0, 0.05) is 37.1 Å². The SMILES string of the molecule is Cc1[nH]c2ccccc2c1[C@@]1(O)C(=O)N(Cc2cccs2)c2ccc(Br)cc21. The van der Waals surface area contributed by atoms with Gasteiger partial charge in [-0.15, -0.1) is 11.3 Å². The van der Waals surface area contributed by atoms with Crippen LogP contribution >= 0.6 is 27.3 Å². The predicted molar refractivity (Wildman–Crippen MR) is 116 cm³/mol. The fourth-order valence-electron chi connectivity index (χ4n) is 4.15. The van der Waals surface area contributed by atoms with Crippen molar-refractivity contribution in [2.45, 2.75) is 19.1 Å². The smallest absolute Gasteiger partial charge is 0.268 e. The van der Waals surface area contributed by atoms with Crippen LogP contribution in [0.3, 0.4) is 0 Å². The third-order valence-corrected chi connectivity index (χ3v) is 6.70. The molecule has 0 saturated heterocycles. The number of hydrogen-bond donors (Lipinski definition) is 2. The van der Waals surface area contributed by atoms with Gasteiger partial charge < -0.3 is 15.0 Å². The molecule has 0 bridgehead atoms. The lowest BCUT2D eigenvalue weighted by Gasteiger charge is -2.24. The maximum absolute atomic E-state index is 13.7. The summed E-state index contributed by atoms with van der Waals surface area (Å²) < 4.78 is 0.827. The van der Waals surface area contributed by atoms with E-state index in [1.807, 2.05) is 66.9 Å². The van der Waals surface area contributed by atoms with Gasteiger partial charge >= 0.3 is 0 Å². The molecule has 4 aromatic rings. The Morgan fingerprint density at radius 3 is 2.79 bits per heavy atom. The van der Waals surface area contributed by atoms with Crippen molar-refractivity contribution in [3.05, 3.63) is 86.1 Å². The topological polar surface area (TPSA) is 56.3 Å². The number of fused-ring (bicyclic) bond motifs is 2. The van der Waals surface area contributed by atoms with Gasteiger partial charge in [-0.2, -0.15) is 0 Å². The molecule has 140 valence electrons. The average molecular weight is 453 g/mol. The number of para-hydroxylation sites is 1. The molecule has 1 atom stereocenters. The first-order valence-corrected chi connectivity index (χ1v) is 10.6. The molecule has 6 heteroatoms. The zero-order valence-electron chi connectivity index (χ0n) is 15.1. The highest BCUT2D eigenvalue weighted by atomic mass is 79.9. The number of nitrogens with zero attached hydrogens (tertiary/aromatic N) is 1. The molecule has 28 heavy (non-hydrogen) atoms. The molecule has 0 fully saturated rings. The number of aryl methyl sites for hydroxylation is 1. The van der Waals surface area contributed by atoms with E-state index in [0.717, 1.165) is 31.6 Å². The number of rotatable bonds is 3. The molecule has 4 nitrogen and oxygen atoms in total. The summed E-state index contributed by atoms with van der Waals surface area (Å²) in [6.07, 6.45) is 0. The molecule has 0 aliphatic carbocycles. The number of nitrogens with one attached hydrogen (secondary N) is 1. The van der Waals surface area contributed by atoms with Crippen molar-refractivity contribution in [3.8, 4) is 0 Å². The zero-order chi connectivity index (χ0) is 19.5. The fraction of sp³-hybridized carbons (Fsp3) is 0.136. The second-order valence-electron chi connectivity index (χ2n) is 7.01. The molecule has 2 aromatic heterocycles. The van der Waals surface area contributed by atoms with E-state index in [-0.39, 0.29) is 5.91 Å². The number of carbonyl (C=O) groups is 1. The maximum atomic E-state index is 13.7. The Morgan fingerprint density at radius 2 is 2.00 bits per heavy atom. The lowest BCUT2D eigenvalue weighted by atomic mass is 9.85. The first-order chi connectivity index (χ1) is 13.5. The summed E-state index contributed by atoms with van der Waals surface area (Å²) in [5.74, 6) is -0.318. The summed E-state index contributed by atoms with van der Waals surface area (Å²) >= 11 is 5.10. The third-order valence-electron chi connectivity index (χ3n) is 5.34. The molecule has 5 rings (SSSR count). The van der Waals surface area contributed by atoms with Gasteiger partial charge in [-0.3, -0.25) is 4.79 Å². The minimum absolute atomic E-state index is 0.318. The maximum Gasteiger partial charge on any atom is 0.268 e. The van der Waals surface area contributed by atoms with E-state index in [2.05, 4.69) is 20.9 Å². The van der Waals surface area contributed by atoms with E-state index in [1.54, 1.807) is 16.2 Å². The van der Waals surface area contributed by atoms with Gasteiger partial charge in [-0.05, 0) is 42.6 Å². The second kappa shape index (κ2) is 6.30. The number of benzene rings is 2. The van der Waals surface area contributed by atoms with E-state index in [1.165, 1.54) is 0 Å². The summed E-state index contributed by atoms with van der Waals surface area (Å²) in [7, 11) is 0. The number of aromatic nitrogens is 1. The Bertz CT molecular complexity index is 1210. The minimum Gasteiger partial charge on any atom is -0.372 e. The van der Waals surface area contributed by atoms with Crippen LogP contribution in [0.15, 0.2) is 64.5 Å². The van der Waals surface area contributed by atoms with Crippen LogP contribution in [0.5, 0.6) is 0 Å². The van der Waals surface area contributed by atoms with Crippen molar-refractivity contribution < 1.29 is 9.90 Å². The van der Waals surface area contributed by atoms with E-state index in [4.69, 9.17) is 0 Å². The molecule has 1 aliphatic rings. The Balaban J connectivity index is 1.76. The van der Waals surface area contributed by atoms with Gasteiger partial charge in [-0.1, -0.05) is 40.2 Å². The summed E-state index contributed by atoms with van der Waals surface area (Å²) in [6, 6.07) is 17.4. The Labute approximate surface area is 174 Å². The van der Waals surface area contributed by atoms with Crippen LogP contribution in [0, 0.1) is 6.92 Å².